The molecule has 2 atom stereocenters. The predicted molar refractivity (Wildman–Crippen MR) is 109 cm³/mol. The molecule has 5 fully saturated rings. The number of carbonyl (C=O) groups is 1. The van der Waals surface area contributed by atoms with Gasteiger partial charge in [-0.3, -0.25) is 4.79 Å². The molecule has 0 aromatic heterocycles. The Hall–Kier alpha value is -1.35. The summed E-state index contributed by atoms with van der Waals surface area (Å²) in [7, 11) is 2.19. The molecule has 6 rings (SSSR count). The molecule has 2 unspecified atom stereocenters. The number of benzene rings is 1. The maximum atomic E-state index is 13.8. The van der Waals surface area contributed by atoms with Gasteiger partial charge in [0.25, 0.3) is 0 Å². The van der Waals surface area contributed by atoms with Crippen molar-refractivity contribution in [3.63, 3.8) is 0 Å². The first-order chi connectivity index (χ1) is 13.0. The van der Waals surface area contributed by atoms with E-state index in [1.807, 2.05) is 0 Å². The van der Waals surface area contributed by atoms with Gasteiger partial charge in [0.15, 0.2) is 0 Å². The van der Waals surface area contributed by atoms with E-state index in [1.165, 1.54) is 30.4 Å². The average Bonchev–Trinajstić information content (AvgIpc) is 2.85. The van der Waals surface area contributed by atoms with Crippen LogP contribution in [0.2, 0.25) is 0 Å². The van der Waals surface area contributed by atoms with Crippen LogP contribution < -0.4 is 0 Å². The minimum absolute atomic E-state index is 0.0715. The summed E-state index contributed by atoms with van der Waals surface area (Å²) in [6, 6.07) is 9.27. The van der Waals surface area contributed by atoms with Crippen LogP contribution in [0.25, 0.3) is 0 Å². The summed E-state index contributed by atoms with van der Waals surface area (Å²) in [6.07, 6.45) is 8.51. The monoisotopic (exact) mass is 366 g/mol. The van der Waals surface area contributed by atoms with E-state index in [1.54, 1.807) is 0 Å². The van der Waals surface area contributed by atoms with Gasteiger partial charge in [0.1, 0.15) is 0 Å². The van der Waals surface area contributed by atoms with Crippen molar-refractivity contribution in [3.8, 4) is 0 Å². The van der Waals surface area contributed by atoms with Crippen molar-refractivity contribution in [2.24, 2.45) is 17.3 Å². The number of hydrogen-bond acceptors (Lipinski definition) is 2. The molecule has 3 heteroatoms. The van der Waals surface area contributed by atoms with Crippen LogP contribution >= 0.6 is 0 Å². The van der Waals surface area contributed by atoms with Crippen LogP contribution in [-0.4, -0.2) is 48.9 Å². The molecule has 4 bridgehead atoms. The molecule has 5 aliphatic rings. The fourth-order valence-corrected chi connectivity index (χ4v) is 7.34. The normalized spacial score (nSPS) is 38.8. The van der Waals surface area contributed by atoms with Gasteiger partial charge in [0.05, 0.1) is 5.41 Å². The zero-order valence-electron chi connectivity index (χ0n) is 17.0. The first-order valence-corrected chi connectivity index (χ1v) is 11.0. The lowest BCUT2D eigenvalue weighted by Gasteiger charge is -2.62. The number of aryl methyl sites for hydroxylation is 1. The molecule has 4 aliphatic carbocycles. The topological polar surface area (TPSA) is 23.6 Å². The van der Waals surface area contributed by atoms with Gasteiger partial charge in [-0.1, -0.05) is 29.8 Å². The van der Waals surface area contributed by atoms with Crippen LogP contribution in [0.1, 0.15) is 56.1 Å². The highest BCUT2D eigenvalue weighted by atomic mass is 16.2. The Morgan fingerprint density at radius 3 is 2.37 bits per heavy atom. The number of carbonyl (C=O) groups excluding carboxylic acids is 1. The number of rotatable bonds is 2. The molecule has 0 radical (unpaired) electrons. The smallest absolute Gasteiger partial charge is 0.228 e. The second kappa shape index (κ2) is 6.34. The van der Waals surface area contributed by atoms with E-state index in [4.69, 9.17) is 0 Å². The van der Waals surface area contributed by atoms with Gasteiger partial charge < -0.3 is 9.80 Å². The van der Waals surface area contributed by atoms with Crippen molar-refractivity contribution in [2.75, 3.05) is 33.2 Å². The standard InChI is InChI=1S/C24H34N2O/c1-18-4-6-21(7-5-18)23-13-19-12-20(14-23)16-24(15-19,17-23)22(27)26-9-3-8-25(2)10-11-26/h4-7,19-20H,3,8-17H2,1-2H3. The third kappa shape index (κ3) is 2.93. The minimum atomic E-state index is -0.0715. The Morgan fingerprint density at radius 1 is 0.963 bits per heavy atom. The third-order valence-electron chi connectivity index (χ3n) is 8.19. The highest BCUT2D eigenvalue weighted by molar-refractivity contribution is 5.83. The quantitative estimate of drug-likeness (QED) is 0.790. The van der Waals surface area contributed by atoms with E-state index in [2.05, 4.69) is 48.0 Å². The molecule has 4 saturated carbocycles. The molecule has 3 nitrogen and oxygen atoms in total. The zero-order chi connectivity index (χ0) is 18.6. The fraction of sp³-hybridized carbons (Fsp3) is 0.708. The average molecular weight is 367 g/mol. The van der Waals surface area contributed by atoms with Crippen LogP contribution in [0.4, 0.5) is 0 Å². The van der Waals surface area contributed by atoms with Gasteiger partial charge in [0, 0.05) is 19.6 Å². The first-order valence-electron chi connectivity index (χ1n) is 11.0. The molecule has 146 valence electrons. The molecule has 0 spiro atoms. The number of amides is 1. The summed E-state index contributed by atoms with van der Waals surface area (Å²) in [6.45, 7) is 6.19. The van der Waals surface area contributed by atoms with Crippen LogP contribution in [0.5, 0.6) is 0 Å². The molecular formula is C24H34N2O. The van der Waals surface area contributed by atoms with Crippen LogP contribution in [-0.2, 0) is 10.2 Å². The van der Waals surface area contributed by atoms with E-state index in [0.29, 0.717) is 5.91 Å². The Balaban J connectivity index is 1.46. The SMILES string of the molecule is Cc1ccc(C23CC4CC(CC(C(=O)N5CCCN(C)CC5)(C4)C2)C3)cc1. The van der Waals surface area contributed by atoms with Gasteiger partial charge in [-0.15, -0.1) is 0 Å². The lowest BCUT2D eigenvalue weighted by Crippen LogP contribution is -2.59. The summed E-state index contributed by atoms with van der Waals surface area (Å²) in [5.74, 6) is 2.01. The van der Waals surface area contributed by atoms with Crippen molar-refractivity contribution in [2.45, 2.75) is 57.3 Å². The molecule has 1 aromatic rings. The molecule has 1 heterocycles. The van der Waals surface area contributed by atoms with Gasteiger partial charge in [-0.2, -0.15) is 0 Å². The molecule has 1 amide bonds. The zero-order valence-corrected chi connectivity index (χ0v) is 17.0. The maximum Gasteiger partial charge on any atom is 0.228 e. The minimum Gasteiger partial charge on any atom is -0.341 e. The lowest BCUT2D eigenvalue weighted by molar-refractivity contribution is -0.160. The molecule has 27 heavy (non-hydrogen) atoms. The van der Waals surface area contributed by atoms with E-state index < -0.39 is 0 Å². The highest BCUT2D eigenvalue weighted by Crippen LogP contribution is 2.66. The molecule has 0 N–H and O–H groups in total. The largest absolute Gasteiger partial charge is 0.341 e. The molecule has 1 saturated heterocycles. The third-order valence-corrected chi connectivity index (χ3v) is 8.19. The summed E-state index contributed by atoms with van der Waals surface area (Å²) in [5.41, 5.74) is 3.03. The summed E-state index contributed by atoms with van der Waals surface area (Å²) in [4.78, 5) is 18.5. The van der Waals surface area contributed by atoms with E-state index in [-0.39, 0.29) is 10.8 Å². The van der Waals surface area contributed by atoms with Gasteiger partial charge in [-0.25, -0.2) is 0 Å². The molecule has 1 aliphatic heterocycles. The summed E-state index contributed by atoms with van der Waals surface area (Å²) < 4.78 is 0. The first kappa shape index (κ1) is 17.7. The number of likely N-dealkylation sites (N-methyl/N-ethyl adjacent to an activating group) is 1. The molecule has 1 aromatic carbocycles. The van der Waals surface area contributed by atoms with Crippen molar-refractivity contribution in [1.82, 2.24) is 9.80 Å². The summed E-state index contributed by atoms with van der Waals surface area (Å²) in [5, 5.41) is 0. The lowest BCUT2D eigenvalue weighted by atomic mass is 9.42. The highest BCUT2D eigenvalue weighted by Gasteiger charge is 2.61. The van der Waals surface area contributed by atoms with Crippen molar-refractivity contribution in [1.29, 1.82) is 0 Å². The van der Waals surface area contributed by atoms with E-state index in [9.17, 15) is 4.79 Å². The van der Waals surface area contributed by atoms with Crippen molar-refractivity contribution < 1.29 is 4.79 Å². The predicted octanol–water partition coefficient (Wildman–Crippen LogP) is 4.00. The van der Waals surface area contributed by atoms with Gasteiger partial charge in [0.2, 0.25) is 5.91 Å². The van der Waals surface area contributed by atoms with Crippen LogP contribution in [0.3, 0.4) is 0 Å². The van der Waals surface area contributed by atoms with E-state index >= 15 is 0 Å². The Labute approximate surface area is 164 Å². The van der Waals surface area contributed by atoms with Gasteiger partial charge in [-0.05, 0) is 88.3 Å². The second-order valence-electron chi connectivity index (χ2n) is 10.3. The Morgan fingerprint density at radius 2 is 1.67 bits per heavy atom. The Kier molecular flexibility index (Phi) is 4.16. The van der Waals surface area contributed by atoms with Crippen LogP contribution in [0, 0.1) is 24.2 Å². The van der Waals surface area contributed by atoms with E-state index in [0.717, 1.165) is 63.7 Å². The summed E-state index contributed by atoms with van der Waals surface area (Å²) >= 11 is 0. The number of hydrogen-bond donors (Lipinski definition) is 0. The Bertz CT molecular complexity index is 710. The molecular weight excluding hydrogens is 332 g/mol. The van der Waals surface area contributed by atoms with Crippen molar-refractivity contribution >= 4 is 5.91 Å². The fourth-order valence-electron chi connectivity index (χ4n) is 7.34. The number of nitrogens with zero attached hydrogens (tertiary/aromatic N) is 2. The van der Waals surface area contributed by atoms with Gasteiger partial charge >= 0.3 is 0 Å². The van der Waals surface area contributed by atoms with Crippen LogP contribution in [0.15, 0.2) is 24.3 Å². The maximum absolute atomic E-state index is 13.8. The second-order valence-corrected chi connectivity index (χ2v) is 10.3. The van der Waals surface area contributed by atoms with Crippen molar-refractivity contribution in [3.05, 3.63) is 35.4 Å².